The lowest BCUT2D eigenvalue weighted by Crippen LogP contribution is -2.27. The van der Waals surface area contributed by atoms with Crippen LogP contribution in [0.25, 0.3) is 16.9 Å². The van der Waals surface area contributed by atoms with Crippen molar-refractivity contribution in [3.63, 3.8) is 0 Å². The topological polar surface area (TPSA) is 127 Å². The van der Waals surface area contributed by atoms with E-state index in [-0.39, 0.29) is 31.1 Å². The smallest absolute Gasteiger partial charge is 0.302 e. The normalized spacial score (nSPS) is 17.9. The molecule has 1 atom stereocenters. The highest BCUT2D eigenvalue weighted by molar-refractivity contribution is 6.01. The number of carbonyl (C=O) groups is 1. The van der Waals surface area contributed by atoms with E-state index < -0.39 is 17.9 Å². The van der Waals surface area contributed by atoms with Crippen molar-refractivity contribution in [3.05, 3.63) is 54.1 Å². The summed E-state index contributed by atoms with van der Waals surface area (Å²) in [6, 6.07) is 3.07. The molecular formula is C22H22F2N8O2. The van der Waals surface area contributed by atoms with E-state index in [9.17, 15) is 13.6 Å². The zero-order chi connectivity index (χ0) is 24.0. The first-order valence-corrected chi connectivity index (χ1v) is 10.6. The Labute approximate surface area is 192 Å². The summed E-state index contributed by atoms with van der Waals surface area (Å²) in [5, 5.41) is 2.57. The van der Waals surface area contributed by atoms with Crippen LogP contribution < -0.4 is 11.1 Å². The lowest BCUT2D eigenvalue weighted by molar-refractivity contribution is 0.0140. The molecule has 0 saturated carbocycles. The van der Waals surface area contributed by atoms with Gasteiger partial charge in [-0.2, -0.15) is 4.98 Å². The van der Waals surface area contributed by atoms with Crippen LogP contribution in [0.5, 0.6) is 0 Å². The molecule has 1 fully saturated rings. The van der Waals surface area contributed by atoms with Gasteiger partial charge in [-0.3, -0.25) is 20.0 Å². The minimum Gasteiger partial charge on any atom is -0.428 e. The predicted molar refractivity (Wildman–Crippen MR) is 120 cm³/mol. The number of aromatic nitrogens is 5. The fourth-order valence-corrected chi connectivity index (χ4v) is 4.17. The van der Waals surface area contributed by atoms with Crippen LogP contribution in [-0.4, -0.2) is 60.7 Å². The van der Waals surface area contributed by atoms with Gasteiger partial charge in [-0.05, 0) is 26.1 Å². The number of nitrogens with two attached hydrogens (primary N) is 1. The minimum atomic E-state index is -2.77. The maximum Gasteiger partial charge on any atom is 0.302 e. The van der Waals surface area contributed by atoms with Crippen molar-refractivity contribution in [2.24, 2.45) is 0 Å². The number of nitrogens with one attached hydrogen (secondary N) is 1. The van der Waals surface area contributed by atoms with Gasteiger partial charge in [0.1, 0.15) is 28.6 Å². The van der Waals surface area contributed by atoms with Gasteiger partial charge in [0.15, 0.2) is 0 Å². The van der Waals surface area contributed by atoms with Crippen LogP contribution in [0.4, 0.5) is 20.6 Å². The average molecular weight is 468 g/mol. The van der Waals surface area contributed by atoms with Gasteiger partial charge in [-0.25, -0.2) is 18.7 Å². The Morgan fingerprint density at radius 3 is 2.85 bits per heavy atom. The number of likely N-dealkylation sites (N-methyl/N-ethyl adjacent to an activating group) is 1. The number of aryl methyl sites for hydroxylation is 1. The molecule has 4 aromatic rings. The van der Waals surface area contributed by atoms with E-state index in [0.29, 0.717) is 28.5 Å². The van der Waals surface area contributed by atoms with Gasteiger partial charge in [0.2, 0.25) is 0 Å². The summed E-state index contributed by atoms with van der Waals surface area (Å²) < 4.78 is 35.6. The van der Waals surface area contributed by atoms with Crippen LogP contribution in [0.2, 0.25) is 0 Å². The van der Waals surface area contributed by atoms with E-state index in [2.05, 4.69) is 25.3 Å². The van der Waals surface area contributed by atoms with Gasteiger partial charge in [0, 0.05) is 43.0 Å². The average Bonchev–Trinajstić information content (AvgIpc) is 3.41. The van der Waals surface area contributed by atoms with Crippen molar-refractivity contribution in [1.82, 2.24) is 29.2 Å². The molecule has 1 saturated heterocycles. The van der Waals surface area contributed by atoms with Gasteiger partial charge in [-0.15, -0.1) is 0 Å². The zero-order valence-electron chi connectivity index (χ0n) is 18.5. The van der Waals surface area contributed by atoms with E-state index in [0.717, 1.165) is 5.69 Å². The molecule has 1 aliphatic heterocycles. The number of carbonyl (C=O) groups excluding carboxylic acids is 1. The van der Waals surface area contributed by atoms with Crippen LogP contribution >= 0.6 is 0 Å². The monoisotopic (exact) mass is 468 g/mol. The number of pyridine rings is 1. The summed E-state index contributed by atoms with van der Waals surface area (Å²) in [5.74, 6) is -2.53. The molecule has 1 aliphatic rings. The molecule has 4 aromatic heterocycles. The molecule has 0 aliphatic carbocycles. The summed E-state index contributed by atoms with van der Waals surface area (Å²) in [6.45, 7) is 1.52. The van der Waals surface area contributed by atoms with Crippen LogP contribution in [-0.2, 0) is 6.42 Å². The molecule has 0 spiro atoms. The number of oxazole rings is 1. The first kappa shape index (κ1) is 21.9. The number of rotatable bonds is 5. The van der Waals surface area contributed by atoms with Crippen molar-refractivity contribution < 1.29 is 18.0 Å². The highest BCUT2D eigenvalue weighted by Crippen LogP contribution is 2.35. The van der Waals surface area contributed by atoms with Crippen LogP contribution in [0.3, 0.4) is 0 Å². The molecule has 5 heterocycles. The number of alkyl halides is 2. The quantitative estimate of drug-likeness (QED) is 0.458. The number of nitrogens with zero attached hydrogens (tertiary/aromatic N) is 6. The second-order valence-electron chi connectivity index (χ2n) is 8.40. The standard InChI is InChI=1S/C22H22F2N8O2/c1-12-19(25)28-17-4-3-13(10-32(12)17)18-16(7-14-8-22(23,24)11-31(14)2)34-21(29-18)30-20(33)15-9-26-5-6-27-15/h3-6,9-10,14H,7-8,11,25H2,1-2H3,(H,29,30,33). The maximum atomic E-state index is 14.0. The number of likely N-dealkylation sites (tertiary alicyclic amines) is 1. The summed E-state index contributed by atoms with van der Waals surface area (Å²) in [7, 11) is 1.65. The molecule has 0 bridgehead atoms. The second-order valence-corrected chi connectivity index (χ2v) is 8.40. The van der Waals surface area contributed by atoms with Crippen molar-refractivity contribution in [3.8, 4) is 11.3 Å². The first-order valence-electron chi connectivity index (χ1n) is 10.6. The number of anilines is 2. The van der Waals surface area contributed by atoms with Crippen LogP contribution in [0.1, 0.15) is 28.4 Å². The Bertz CT molecular complexity index is 1370. The molecule has 10 nitrogen and oxygen atoms in total. The van der Waals surface area contributed by atoms with Gasteiger partial charge < -0.3 is 14.6 Å². The van der Waals surface area contributed by atoms with E-state index in [1.807, 2.05) is 11.3 Å². The van der Waals surface area contributed by atoms with Crippen LogP contribution in [0.15, 0.2) is 41.3 Å². The molecule has 1 amide bonds. The molecule has 0 aromatic carbocycles. The number of hydrogen-bond donors (Lipinski definition) is 2. The third kappa shape index (κ3) is 4.07. The summed E-state index contributed by atoms with van der Waals surface area (Å²) >= 11 is 0. The minimum absolute atomic E-state index is 0.0602. The van der Waals surface area contributed by atoms with E-state index >= 15 is 0 Å². The van der Waals surface area contributed by atoms with Gasteiger partial charge >= 0.3 is 6.01 Å². The highest BCUT2D eigenvalue weighted by atomic mass is 19.3. The molecule has 1 unspecified atom stereocenters. The third-order valence-electron chi connectivity index (χ3n) is 5.94. The van der Waals surface area contributed by atoms with Crippen molar-refractivity contribution in [2.75, 3.05) is 24.6 Å². The Morgan fingerprint density at radius 2 is 2.15 bits per heavy atom. The summed E-state index contributed by atoms with van der Waals surface area (Å²) in [4.78, 5) is 30.7. The molecular weight excluding hydrogens is 446 g/mol. The molecule has 12 heteroatoms. The Kier molecular flexibility index (Phi) is 5.24. The lowest BCUT2D eigenvalue weighted by atomic mass is 10.0. The number of imidazole rings is 1. The zero-order valence-corrected chi connectivity index (χ0v) is 18.5. The number of fused-ring (bicyclic) bond motifs is 1. The first-order chi connectivity index (χ1) is 16.2. The molecule has 176 valence electrons. The number of hydrogen-bond acceptors (Lipinski definition) is 8. The lowest BCUT2D eigenvalue weighted by Gasteiger charge is -2.17. The molecule has 5 rings (SSSR count). The van der Waals surface area contributed by atoms with Crippen molar-refractivity contribution in [2.45, 2.75) is 31.7 Å². The van der Waals surface area contributed by atoms with Crippen molar-refractivity contribution >= 4 is 23.4 Å². The Morgan fingerprint density at radius 1 is 1.32 bits per heavy atom. The molecule has 0 radical (unpaired) electrons. The predicted octanol–water partition coefficient (Wildman–Crippen LogP) is 2.80. The second kappa shape index (κ2) is 8.13. The summed E-state index contributed by atoms with van der Waals surface area (Å²) in [5.41, 5.74) is 8.54. The van der Waals surface area contributed by atoms with E-state index in [4.69, 9.17) is 10.2 Å². The van der Waals surface area contributed by atoms with E-state index in [1.54, 1.807) is 30.3 Å². The van der Waals surface area contributed by atoms with Gasteiger partial charge in [0.05, 0.1) is 18.4 Å². The number of nitrogen functional groups attached to an aromatic ring is 1. The van der Waals surface area contributed by atoms with Crippen LogP contribution in [0, 0.1) is 6.92 Å². The van der Waals surface area contributed by atoms with E-state index in [1.165, 1.54) is 18.6 Å². The maximum absolute atomic E-state index is 14.0. The molecule has 34 heavy (non-hydrogen) atoms. The third-order valence-corrected chi connectivity index (χ3v) is 5.94. The van der Waals surface area contributed by atoms with Crippen molar-refractivity contribution in [1.29, 1.82) is 0 Å². The summed E-state index contributed by atoms with van der Waals surface area (Å²) in [6.07, 6.45) is 5.87. The largest absolute Gasteiger partial charge is 0.428 e. The SMILES string of the molecule is Cc1c(N)nc2ccc(-c3nc(NC(=O)c4cnccn4)oc3CC3CC(F)(F)CN3C)cn12. The number of amides is 1. The Balaban J connectivity index is 1.52. The fraction of sp³-hybridized carbons (Fsp3) is 0.318. The van der Waals surface area contributed by atoms with Gasteiger partial charge in [0.25, 0.3) is 11.8 Å². The Hall–Kier alpha value is -3.93. The highest BCUT2D eigenvalue weighted by Gasteiger charge is 2.43. The number of halogens is 2. The fourth-order valence-electron chi connectivity index (χ4n) is 4.17. The van der Waals surface area contributed by atoms with Gasteiger partial charge in [-0.1, -0.05) is 0 Å². The molecule has 3 N–H and O–H groups in total.